The third-order valence-electron chi connectivity index (χ3n) is 3.62. The summed E-state index contributed by atoms with van der Waals surface area (Å²) in [5.41, 5.74) is 4.91. The van der Waals surface area contributed by atoms with Crippen molar-refractivity contribution in [3.8, 4) is 0 Å². The zero-order valence-electron chi connectivity index (χ0n) is 12.0. The van der Waals surface area contributed by atoms with Gasteiger partial charge in [-0.05, 0) is 45.3 Å². The zero-order valence-corrected chi connectivity index (χ0v) is 12.0. The molecule has 5 nitrogen and oxygen atoms in total. The second kappa shape index (κ2) is 8.91. The van der Waals surface area contributed by atoms with Crippen molar-refractivity contribution < 1.29 is 9.59 Å². The molecular formula is C14H27N3O2. The Bertz CT molecular complexity index is 288. The summed E-state index contributed by atoms with van der Waals surface area (Å²) in [6.45, 7) is 6.35. The van der Waals surface area contributed by atoms with Gasteiger partial charge in [0, 0.05) is 6.42 Å². The van der Waals surface area contributed by atoms with E-state index in [-0.39, 0.29) is 5.91 Å². The van der Waals surface area contributed by atoms with Gasteiger partial charge in [0.15, 0.2) is 0 Å². The Labute approximate surface area is 115 Å². The molecule has 0 radical (unpaired) electrons. The predicted molar refractivity (Wildman–Crippen MR) is 75.6 cm³/mol. The first-order valence-corrected chi connectivity index (χ1v) is 7.44. The maximum atomic E-state index is 10.4. The number of nitrogens with one attached hydrogen (secondary N) is 1. The van der Waals surface area contributed by atoms with Gasteiger partial charge >= 0.3 is 0 Å². The molecule has 0 bridgehead atoms. The SMILES string of the molecule is CCCCCN1CCCC1.NC(=O)[C@@H]1CCC(=O)N1. The van der Waals surface area contributed by atoms with Crippen LogP contribution in [0.15, 0.2) is 0 Å². The Morgan fingerprint density at radius 2 is 2.05 bits per heavy atom. The number of amides is 2. The van der Waals surface area contributed by atoms with Crippen molar-refractivity contribution in [3.05, 3.63) is 0 Å². The first-order valence-electron chi connectivity index (χ1n) is 7.44. The number of hydrogen-bond donors (Lipinski definition) is 2. The molecule has 1 atom stereocenters. The van der Waals surface area contributed by atoms with Crippen LogP contribution in [0.25, 0.3) is 0 Å². The summed E-state index contributed by atoms with van der Waals surface area (Å²) in [6, 6.07) is -0.419. The van der Waals surface area contributed by atoms with Crippen molar-refractivity contribution in [1.29, 1.82) is 0 Å². The summed E-state index contributed by atoms with van der Waals surface area (Å²) in [6.07, 6.45) is 8.03. The van der Waals surface area contributed by atoms with E-state index in [2.05, 4.69) is 17.1 Å². The Morgan fingerprint density at radius 1 is 1.37 bits per heavy atom. The number of nitrogens with zero attached hydrogens (tertiary/aromatic N) is 1. The molecule has 0 aliphatic carbocycles. The van der Waals surface area contributed by atoms with E-state index in [1.54, 1.807) is 0 Å². The summed E-state index contributed by atoms with van der Waals surface area (Å²) in [5, 5.41) is 2.44. The number of unbranched alkanes of at least 4 members (excludes halogenated alkanes) is 2. The number of primary amides is 1. The van der Waals surface area contributed by atoms with Gasteiger partial charge in [-0.15, -0.1) is 0 Å². The molecule has 2 amide bonds. The van der Waals surface area contributed by atoms with E-state index in [9.17, 15) is 9.59 Å². The van der Waals surface area contributed by atoms with Gasteiger partial charge in [0.2, 0.25) is 11.8 Å². The summed E-state index contributed by atoms with van der Waals surface area (Å²) in [5.74, 6) is -0.528. The Hall–Kier alpha value is -1.10. The minimum Gasteiger partial charge on any atom is -0.368 e. The number of carbonyl (C=O) groups excluding carboxylic acids is 2. The molecule has 0 aromatic heterocycles. The quantitative estimate of drug-likeness (QED) is 0.732. The highest BCUT2D eigenvalue weighted by Gasteiger charge is 2.24. The minimum atomic E-state index is -0.444. The highest BCUT2D eigenvalue weighted by atomic mass is 16.2. The van der Waals surface area contributed by atoms with Crippen molar-refractivity contribution in [2.75, 3.05) is 19.6 Å². The molecule has 2 heterocycles. The van der Waals surface area contributed by atoms with Gasteiger partial charge in [0.1, 0.15) is 6.04 Å². The van der Waals surface area contributed by atoms with Gasteiger partial charge in [-0.1, -0.05) is 19.8 Å². The molecule has 5 heteroatoms. The van der Waals surface area contributed by atoms with E-state index in [0.717, 1.165) is 0 Å². The Balaban J connectivity index is 0.000000191. The molecule has 2 aliphatic heterocycles. The van der Waals surface area contributed by atoms with Gasteiger partial charge in [-0.2, -0.15) is 0 Å². The lowest BCUT2D eigenvalue weighted by Gasteiger charge is -2.12. The van der Waals surface area contributed by atoms with Crippen molar-refractivity contribution in [3.63, 3.8) is 0 Å². The second-order valence-corrected chi connectivity index (χ2v) is 5.32. The lowest BCUT2D eigenvalue weighted by Crippen LogP contribution is -2.37. The van der Waals surface area contributed by atoms with E-state index in [4.69, 9.17) is 5.73 Å². The number of likely N-dealkylation sites (tertiary alicyclic amines) is 1. The summed E-state index contributed by atoms with van der Waals surface area (Å²) >= 11 is 0. The van der Waals surface area contributed by atoms with Crippen LogP contribution in [-0.2, 0) is 9.59 Å². The van der Waals surface area contributed by atoms with Gasteiger partial charge in [-0.3, -0.25) is 9.59 Å². The van der Waals surface area contributed by atoms with Crippen molar-refractivity contribution in [2.45, 2.75) is 57.9 Å². The smallest absolute Gasteiger partial charge is 0.240 e. The summed E-state index contributed by atoms with van der Waals surface area (Å²) < 4.78 is 0. The van der Waals surface area contributed by atoms with Crippen molar-refractivity contribution in [1.82, 2.24) is 10.2 Å². The van der Waals surface area contributed by atoms with E-state index >= 15 is 0 Å². The molecule has 2 aliphatic rings. The molecule has 0 unspecified atom stereocenters. The first-order chi connectivity index (χ1) is 9.13. The first kappa shape index (κ1) is 16.0. The van der Waals surface area contributed by atoms with Gasteiger partial charge in [0.25, 0.3) is 0 Å². The molecular weight excluding hydrogens is 242 g/mol. The molecule has 110 valence electrons. The maximum Gasteiger partial charge on any atom is 0.240 e. The topological polar surface area (TPSA) is 75.4 Å². The van der Waals surface area contributed by atoms with Crippen LogP contribution < -0.4 is 11.1 Å². The van der Waals surface area contributed by atoms with Gasteiger partial charge in [0.05, 0.1) is 0 Å². The average Bonchev–Trinajstić information content (AvgIpc) is 3.01. The number of nitrogens with two attached hydrogens (primary N) is 1. The van der Waals surface area contributed by atoms with Crippen molar-refractivity contribution >= 4 is 11.8 Å². The van der Waals surface area contributed by atoms with E-state index in [1.165, 1.54) is 51.7 Å². The largest absolute Gasteiger partial charge is 0.368 e. The Kier molecular flexibility index (Phi) is 7.48. The van der Waals surface area contributed by atoms with Crippen LogP contribution in [0.2, 0.25) is 0 Å². The van der Waals surface area contributed by atoms with Gasteiger partial charge < -0.3 is 16.0 Å². The van der Waals surface area contributed by atoms with Crippen LogP contribution in [-0.4, -0.2) is 42.4 Å². The molecule has 2 rings (SSSR count). The lowest BCUT2D eigenvalue weighted by molar-refractivity contribution is -0.123. The molecule has 0 aromatic carbocycles. The van der Waals surface area contributed by atoms with Crippen LogP contribution in [0.5, 0.6) is 0 Å². The Morgan fingerprint density at radius 3 is 2.47 bits per heavy atom. The molecule has 19 heavy (non-hydrogen) atoms. The number of carbonyl (C=O) groups is 2. The van der Waals surface area contributed by atoms with E-state index in [1.807, 2.05) is 0 Å². The second-order valence-electron chi connectivity index (χ2n) is 5.32. The molecule has 0 spiro atoms. The average molecular weight is 269 g/mol. The third-order valence-corrected chi connectivity index (χ3v) is 3.62. The van der Waals surface area contributed by atoms with Crippen LogP contribution >= 0.6 is 0 Å². The summed E-state index contributed by atoms with van der Waals surface area (Å²) in [4.78, 5) is 23.4. The predicted octanol–water partition coefficient (Wildman–Crippen LogP) is 1.02. The molecule has 2 fully saturated rings. The molecule has 0 saturated carbocycles. The monoisotopic (exact) mass is 269 g/mol. The van der Waals surface area contributed by atoms with Gasteiger partial charge in [-0.25, -0.2) is 0 Å². The highest BCUT2D eigenvalue weighted by Crippen LogP contribution is 2.08. The maximum absolute atomic E-state index is 10.4. The lowest BCUT2D eigenvalue weighted by atomic mass is 10.2. The molecule has 2 saturated heterocycles. The zero-order chi connectivity index (χ0) is 14.1. The van der Waals surface area contributed by atoms with E-state index < -0.39 is 11.9 Å². The van der Waals surface area contributed by atoms with E-state index in [0.29, 0.717) is 12.8 Å². The molecule has 0 aromatic rings. The minimum absolute atomic E-state index is 0.0844. The third kappa shape index (κ3) is 6.57. The van der Waals surface area contributed by atoms with Crippen LogP contribution in [0.4, 0.5) is 0 Å². The van der Waals surface area contributed by atoms with Crippen LogP contribution in [0, 0.1) is 0 Å². The molecule has 3 N–H and O–H groups in total. The fraction of sp³-hybridized carbons (Fsp3) is 0.857. The normalized spacial score (nSPS) is 22.8. The van der Waals surface area contributed by atoms with Crippen molar-refractivity contribution in [2.24, 2.45) is 5.73 Å². The number of hydrogen-bond acceptors (Lipinski definition) is 3. The fourth-order valence-electron chi connectivity index (χ4n) is 2.42. The van der Waals surface area contributed by atoms with Crippen LogP contribution in [0.1, 0.15) is 51.9 Å². The standard InChI is InChI=1S/C9H19N.C5H8N2O2/c1-2-3-4-7-10-8-5-6-9-10;6-5(9)3-1-2-4(8)7-3/h2-9H2,1H3;3H,1-2H2,(H2,6,9)(H,7,8)/t;3-/m.0/s1. The fourth-order valence-corrected chi connectivity index (χ4v) is 2.42. The highest BCUT2D eigenvalue weighted by molar-refractivity contribution is 5.89. The summed E-state index contributed by atoms with van der Waals surface area (Å²) in [7, 11) is 0. The number of rotatable bonds is 5. The van der Waals surface area contributed by atoms with Crippen LogP contribution in [0.3, 0.4) is 0 Å².